The van der Waals surface area contributed by atoms with Crippen molar-refractivity contribution in [3.8, 4) is 0 Å². The fourth-order valence-electron chi connectivity index (χ4n) is 3.84. The van der Waals surface area contributed by atoms with Gasteiger partial charge in [-0.15, -0.1) is 0 Å². The van der Waals surface area contributed by atoms with Crippen molar-refractivity contribution >= 4 is 11.3 Å². The molecule has 4 rings (SSSR count). The highest BCUT2D eigenvalue weighted by Gasteiger charge is 2.43. The molecular weight excluding hydrogens is 395 g/mol. The Balaban J connectivity index is 1.27. The second-order valence-corrected chi connectivity index (χ2v) is 7.77. The number of ether oxygens (including phenoxy) is 1. The predicted octanol–water partition coefficient (Wildman–Crippen LogP) is 5.82. The van der Waals surface area contributed by atoms with Gasteiger partial charge in [0, 0.05) is 24.6 Å². The van der Waals surface area contributed by atoms with Crippen molar-refractivity contribution < 1.29 is 27.7 Å². The zero-order valence-corrected chi connectivity index (χ0v) is 16.5. The Morgan fingerprint density at radius 1 is 1.00 bits per heavy atom. The molecule has 0 radical (unpaired) electrons. The molecule has 1 atom stereocenters. The van der Waals surface area contributed by atoms with E-state index in [0.717, 1.165) is 36.1 Å². The summed E-state index contributed by atoms with van der Waals surface area (Å²) in [4.78, 5) is 11.3. The van der Waals surface area contributed by atoms with Crippen molar-refractivity contribution in [2.24, 2.45) is 0 Å². The van der Waals surface area contributed by atoms with E-state index in [2.05, 4.69) is 11.9 Å². The Morgan fingerprint density at radius 2 is 1.67 bits per heavy atom. The van der Waals surface area contributed by atoms with Gasteiger partial charge in [-0.1, -0.05) is 36.9 Å². The second kappa shape index (κ2) is 8.41. The average molecular weight is 419 g/mol. The molecule has 1 aliphatic carbocycles. The molecule has 2 aliphatic rings. The zero-order valence-electron chi connectivity index (χ0n) is 16.5. The van der Waals surface area contributed by atoms with Crippen molar-refractivity contribution in [1.29, 1.82) is 0 Å². The largest absolute Gasteiger partial charge is 0.416 e. The summed E-state index contributed by atoms with van der Waals surface area (Å²) < 4.78 is 44.1. The van der Waals surface area contributed by atoms with Gasteiger partial charge < -0.3 is 10.1 Å². The molecule has 2 fully saturated rings. The standard InChI is InChI=1S/C23H24F3NO3/c1-16(17-5-3-2-4-6-17)21-15-28-22(30-29-21)13-11-20(12-14-22)27-19-9-7-18(8-10-19)23(24,25)26/h2-10,20-21,27H,1,11-15H2. The monoisotopic (exact) mass is 419 g/mol. The number of halogens is 3. The molecule has 0 amide bonds. The number of benzene rings is 2. The zero-order chi connectivity index (χ0) is 21.2. The third kappa shape index (κ3) is 4.69. The molecule has 1 N–H and O–H groups in total. The second-order valence-electron chi connectivity index (χ2n) is 7.77. The van der Waals surface area contributed by atoms with Gasteiger partial charge in [0.25, 0.3) is 0 Å². The van der Waals surface area contributed by atoms with E-state index in [1.807, 2.05) is 30.3 Å². The molecule has 1 saturated carbocycles. The van der Waals surface area contributed by atoms with Gasteiger partial charge >= 0.3 is 6.18 Å². The fourth-order valence-corrected chi connectivity index (χ4v) is 3.84. The SMILES string of the molecule is C=C(c1ccccc1)C1COC2(CCC(Nc3ccc(C(F)(F)F)cc3)CC2)OO1. The van der Waals surface area contributed by atoms with Crippen LogP contribution in [0.1, 0.15) is 36.8 Å². The smallest absolute Gasteiger partial charge is 0.382 e. The maximum Gasteiger partial charge on any atom is 0.416 e. The highest BCUT2D eigenvalue weighted by atomic mass is 19.4. The predicted molar refractivity (Wildman–Crippen MR) is 107 cm³/mol. The number of nitrogens with one attached hydrogen (secondary N) is 1. The van der Waals surface area contributed by atoms with Crippen LogP contribution in [0.4, 0.5) is 18.9 Å². The van der Waals surface area contributed by atoms with Gasteiger partial charge in [-0.3, -0.25) is 0 Å². The van der Waals surface area contributed by atoms with E-state index >= 15 is 0 Å². The summed E-state index contributed by atoms with van der Waals surface area (Å²) in [6.07, 6.45) is -1.90. The highest BCUT2D eigenvalue weighted by molar-refractivity contribution is 5.66. The van der Waals surface area contributed by atoms with Crippen LogP contribution in [0, 0.1) is 0 Å². The minimum absolute atomic E-state index is 0.136. The topological polar surface area (TPSA) is 39.7 Å². The summed E-state index contributed by atoms with van der Waals surface area (Å²) >= 11 is 0. The molecule has 1 spiro atoms. The molecule has 0 aromatic heterocycles. The van der Waals surface area contributed by atoms with Crippen LogP contribution in [-0.2, 0) is 20.7 Å². The lowest BCUT2D eigenvalue weighted by molar-refractivity contribution is -0.483. The molecular formula is C23H24F3NO3. The van der Waals surface area contributed by atoms with E-state index in [1.54, 1.807) is 0 Å². The Bertz CT molecular complexity index is 850. The summed E-state index contributed by atoms with van der Waals surface area (Å²) in [6.45, 7) is 4.46. The normalized spacial score (nSPS) is 27.0. The molecule has 1 aliphatic heterocycles. The molecule has 2 aromatic rings. The van der Waals surface area contributed by atoms with E-state index < -0.39 is 17.5 Å². The van der Waals surface area contributed by atoms with E-state index in [-0.39, 0.29) is 12.1 Å². The van der Waals surface area contributed by atoms with Crippen LogP contribution < -0.4 is 5.32 Å². The van der Waals surface area contributed by atoms with Crippen LogP contribution in [0.5, 0.6) is 0 Å². The van der Waals surface area contributed by atoms with Crippen LogP contribution in [0.3, 0.4) is 0 Å². The molecule has 160 valence electrons. The number of hydrogen-bond donors (Lipinski definition) is 1. The summed E-state index contributed by atoms with van der Waals surface area (Å²) in [5, 5.41) is 3.30. The molecule has 4 nitrogen and oxygen atoms in total. The first-order valence-electron chi connectivity index (χ1n) is 10.0. The molecule has 1 saturated heterocycles. The van der Waals surface area contributed by atoms with Crippen molar-refractivity contribution in [3.05, 3.63) is 72.3 Å². The first-order valence-corrected chi connectivity index (χ1v) is 10.0. The Labute approximate surface area is 173 Å². The van der Waals surface area contributed by atoms with E-state index in [4.69, 9.17) is 14.5 Å². The third-order valence-corrected chi connectivity index (χ3v) is 5.68. The lowest BCUT2D eigenvalue weighted by atomic mass is 9.89. The molecule has 2 aromatic carbocycles. The Hall–Kier alpha value is -2.35. The summed E-state index contributed by atoms with van der Waals surface area (Å²) in [5.74, 6) is -0.772. The quantitative estimate of drug-likeness (QED) is 0.635. The van der Waals surface area contributed by atoms with E-state index in [0.29, 0.717) is 25.1 Å². The number of rotatable bonds is 4. The molecule has 1 heterocycles. The third-order valence-electron chi connectivity index (χ3n) is 5.68. The van der Waals surface area contributed by atoms with Gasteiger partial charge in [-0.2, -0.15) is 13.2 Å². The van der Waals surface area contributed by atoms with Gasteiger partial charge in [0.15, 0.2) is 0 Å². The summed E-state index contributed by atoms with van der Waals surface area (Å²) in [5.41, 5.74) is 1.81. The van der Waals surface area contributed by atoms with Crippen LogP contribution >= 0.6 is 0 Å². The average Bonchev–Trinajstić information content (AvgIpc) is 2.76. The lowest BCUT2D eigenvalue weighted by Gasteiger charge is -2.43. The van der Waals surface area contributed by atoms with Gasteiger partial charge in [0.1, 0.15) is 6.10 Å². The number of alkyl halides is 3. The van der Waals surface area contributed by atoms with Crippen molar-refractivity contribution in [2.45, 2.75) is 49.8 Å². The fraction of sp³-hybridized carbons (Fsp3) is 0.391. The van der Waals surface area contributed by atoms with Gasteiger partial charge in [-0.25, -0.2) is 9.78 Å². The van der Waals surface area contributed by atoms with Crippen LogP contribution in [-0.4, -0.2) is 24.5 Å². The van der Waals surface area contributed by atoms with Crippen molar-refractivity contribution in [3.63, 3.8) is 0 Å². The Morgan fingerprint density at radius 3 is 2.23 bits per heavy atom. The van der Waals surface area contributed by atoms with E-state index in [9.17, 15) is 13.2 Å². The maximum absolute atomic E-state index is 12.7. The van der Waals surface area contributed by atoms with Gasteiger partial charge in [-0.05, 0) is 48.2 Å². The van der Waals surface area contributed by atoms with Gasteiger partial charge in [0.05, 0.1) is 12.2 Å². The van der Waals surface area contributed by atoms with Crippen molar-refractivity contribution in [1.82, 2.24) is 0 Å². The van der Waals surface area contributed by atoms with Crippen molar-refractivity contribution in [2.75, 3.05) is 11.9 Å². The minimum atomic E-state index is -4.32. The highest BCUT2D eigenvalue weighted by Crippen LogP contribution is 2.39. The number of anilines is 1. The molecule has 7 heteroatoms. The van der Waals surface area contributed by atoms with Crippen LogP contribution in [0.15, 0.2) is 61.2 Å². The van der Waals surface area contributed by atoms with Gasteiger partial charge in [0.2, 0.25) is 5.79 Å². The first kappa shape index (κ1) is 20.9. The van der Waals surface area contributed by atoms with Crippen LogP contribution in [0.2, 0.25) is 0 Å². The van der Waals surface area contributed by atoms with E-state index in [1.165, 1.54) is 12.1 Å². The Kier molecular flexibility index (Phi) is 5.86. The molecule has 0 bridgehead atoms. The lowest BCUT2D eigenvalue weighted by Crippen LogP contribution is -2.49. The number of hydrogen-bond acceptors (Lipinski definition) is 4. The summed E-state index contributed by atoms with van der Waals surface area (Å²) in [7, 11) is 0. The summed E-state index contributed by atoms with van der Waals surface area (Å²) in [6, 6.07) is 15.0. The molecule has 30 heavy (non-hydrogen) atoms. The molecule has 1 unspecified atom stereocenters. The first-order chi connectivity index (χ1) is 14.3. The van der Waals surface area contributed by atoms with Crippen LogP contribution in [0.25, 0.3) is 5.57 Å². The maximum atomic E-state index is 12.7. The minimum Gasteiger partial charge on any atom is -0.382 e.